The normalized spacial score (nSPS) is 30.9. The third kappa shape index (κ3) is 2.35. The third-order valence-corrected chi connectivity index (χ3v) is 5.61. The van der Waals surface area contributed by atoms with Gasteiger partial charge in [0.15, 0.2) is 9.84 Å². The average Bonchev–Trinajstić information content (AvgIpc) is 3.16. The number of benzene rings is 1. The van der Waals surface area contributed by atoms with E-state index in [9.17, 15) is 8.42 Å². The van der Waals surface area contributed by atoms with Crippen LogP contribution in [0.2, 0.25) is 0 Å². The minimum atomic E-state index is -3.35. The third-order valence-electron chi connectivity index (χ3n) is 4.06. The van der Waals surface area contributed by atoms with Gasteiger partial charge in [-0.2, -0.15) is 0 Å². The van der Waals surface area contributed by atoms with E-state index in [1.807, 2.05) is 6.07 Å². The van der Waals surface area contributed by atoms with Crippen LogP contribution in [0.25, 0.3) is 0 Å². The molecule has 0 N–H and O–H groups in total. The van der Waals surface area contributed by atoms with Crippen LogP contribution < -0.4 is 0 Å². The average molecular weight is 278 g/mol. The molecule has 0 aromatic heterocycles. The second-order valence-electron chi connectivity index (χ2n) is 6.02. The lowest BCUT2D eigenvalue weighted by atomic mass is 9.76. The first-order valence-electron chi connectivity index (χ1n) is 6.56. The minimum absolute atomic E-state index is 0.0160. The minimum Gasteiger partial charge on any atom is -0.364 e. The molecule has 1 aliphatic heterocycles. The summed E-state index contributed by atoms with van der Waals surface area (Å²) in [6.07, 6.45) is 1.99. The lowest BCUT2D eigenvalue weighted by Gasteiger charge is -2.26. The highest BCUT2D eigenvalue weighted by Gasteiger charge is 2.54. The lowest BCUT2D eigenvalue weighted by molar-refractivity contribution is 0.232. The van der Waals surface area contributed by atoms with Crippen LogP contribution >= 0.6 is 0 Å². The molecule has 1 aromatic rings. The van der Waals surface area contributed by atoms with Crippen molar-refractivity contribution in [3.63, 3.8) is 0 Å². The number of epoxide rings is 1. The highest BCUT2D eigenvalue weighted by atomic mass is 32.2. The van der Waals surface area contributed by atoms with Crippen molar-refractivity contribution in [2.45, 2.75) is 43.8 Å². The van der Waals surface area contributed by atoms with Gasteiger partial charge in [-0.25, -0.2) is 8.42 Å². The van der Waals surface area contributed by atoms with Crippen LogP contribution in [0.1, 0.15) is 26.7 Å². The number of fused-ring (bicyclic) bond motifs is 1. The van der Waals surface area contributed by atoms with Crippen molar-refractivity contribution >= 4 is 9.84 Å². The molecular formula is C15H18O3S. The molecule has 1 saturated carbocycles. The van der Waals surface area contributed by atoms with Crippen LogP contribution in [-0.4, -0.2) is 20.6 Å². The maximum atomic E-state index is 12.3. The van der Waals surface area contributed by atoms with E-state index in [0.717, 1.165) is 18.4 Å². The molecule has 2 aliphatic rings. The Kier molecular flexibility index (Phi) is 2.84. The molecule has 1 aromatic carbocycles. The van der Waals surface area contributed by atoms with E-state index in [0.29, 0.717) is 4.90 Å². The van der Waals surface area contributed by atoms with Crippen molar-refractivity contribution < 1.29 is 13.2 Å². The molecule has 0 radical (unpaired) electrons. The van der Waals surface area contributed by atoms with E-state index in [2.05, 4.69) is 13.8 Å². The van der Waals surface area contributed by atoms with Gasteiger partial charge in [-0.1, -0.05) is 32.0 Å². The summed E-state index contributed by atoms with van der Waals surface area (Å²) >= 11 is 0. The van der Waals surface area contributed by atoms with Crippen LogP contribution in [0.4, 0.5) is 0 Å². The summed E-state index contributed by atoms with van der Waals surface area (Å²) in [7, 11) is -3.35. The summed E-state index contributed by atoms with van der Waals surface area (Å²) < 4.78 is 30.2. The summed E-state index contributed by atoms with van der Waals surface area (Å²) in [4.78, 5) is 0.351. The first-order valence-corrected chi connectivity index (χ1v) is 8.11. The monoisotopic (exact) mass is 278 g/mol. The van der Waals surface area contributed by atoms with Crippen molar-refractivity contribution in [1.29, 1.82) is 0 Å². The lowest BCUT2D eigenvalue weighted by Crippen LogP contribution is -2.26. The van der Waals surface area contributed by atoms with Gasteiger partial charge in [0.25, 0.3) is 0 Å². The van der Waals surface area contributed by atoms with E-state index in [1.165, 1.54) is 5.41 Å². The van der Waals surface area contributed by atoms with Gasteiger partial charge in [0, 0.05) is 5.41 Å². The van der Waals surface area contributed by atoms with Crippen LogP contribution in [-0.2, 0) is 14.6 Å². The number of rotatable bonds is 2. The fourth-order valence-electron chi connectivity index (χ4n) is 2.74. The van der Waals surface area contributed by atoms with E-state index in [-0.39, 0.29) is 17.6 Å². The Morgan fingerprint density at radius 2 is 1.95 bits per heavy atom. The molecule has 1 aliphatic carbocycles. The Morgan fingerprint density at radius 1 is 1.26 bits per heavy atom. The van der Waals surface area contributed by atoms with Crippen molar-refractivity contribution in [2.75, 3.05) is 0 Å². The van der Waals surface area contributed by atoms with Gasteiger partial charge in [-0.15, -0.1) is 0 Å². The zero-order valence-electron chi connectivity index (χ0n) is 11.2. The SMILES string of the molecule is CC1(C)CC/C(=C/S(=O)(=O)c2ccccc2)C2OC21. The molecule has 1 heterocycles. The summed E-state index contributed by atoms with van der Waals surface area (Å²) in [6, 6.07) is 8.56. The van der Waals surface area contributed by atoms with Gasteiger partial charge in [0.1, 0.15) is 6.10 Å². The van der Waals surface area contributed by atoms with Crippen molar-refractivity contribution in [3.05, 3.63) is 41.3 Å². The highest BCUT2D eigenvalue weighted by molar-refractivity contribution is 7.94. The quantitative estimate of drug-likeness (QED) is 0.781. The molecule has 0 bridgehead atoms. The summed E-state index contributed by atoms with van der Waals surface area (Å²) in [5, 5.41) is 1.42. The largest absolute Gasteiger partial charge is 0.364 e. The van der Waals surface area contributed by atoms with E-state index >= 15 is 0 Å². The zero-order valence-corrected chi connectivity index (χ0v) is 12.0. The van der Waals surface area contributed by atoms with Crippen LogP contribution in [0.15, 0.2) is 46.2 Å². The van der Waals surface area contributed by atoms with Gasteiger partial charge in [0.2, 0.25) is 0 Å². The maximum Gasteiger partial charge on any atom is 0.199 e. The Morgan fingerprint density at radius 3 is 2.63 bits per heavy atom. The van der Waals surface area contributed by atoms with Gasteiger partial charge in [-0.05, 0) is 36.0 Å². The molecular weight excluding hydrogens is 260 g/mol. The molecule has 4 heteroatoms. The van der Waals surface area contributed by atoms with Gasteiger partial charge in [-0.3, -0.25) is 0 Å². The molecule has 102 valence electrons. The first-order chi connectivity index (χ1) is 8.90. The fraction of sp³-hybridized carbons (Fsp3) is 0.467. The molecule has 0 amide bonds. The van der Waals surface area contributed by atoms with E-state index < -0.39 is 9.84 Å². The van der Waals surface area contributed by atoms with E-state index in [1.54, 1.807) is 24.3 Å². The van der Waals surface area contributed by atoms with Crippen LogP contribution in [0.3, 0.4) is 0 Å². The smallest absolute Gasteiger partial charge is 0.199 e. The van der Waals surface area contributed by atoms with Gasteiger partial charge >= 0.3 is 0 Å². The number of sulfone groups is 1. The Bertz CT molecular complexity index is 614. The van der Waals surface area contributed by atoms with Crippen molar-refractivity contribution in [2.24, 2.45) is 5.41 Å². The zero-order chi connectivity index (χ0) is 13.7. The summed E-state index contributed by atoms with van der Waals surface area (Å²) in [5.41, 5.74) is 1.09. The molecule has 3 rings (SSSR count). The van der Waals surface area contributed by atoms with Crippen molar-refractivity contribution in [1.82, 2.24) is 0 Å². The molecule has 1 saturated heterocycles. The fourth-order valence-corrected chi connectivity index (χ4v) is 4.07. The molecule has 2 fully saturated rings. The second kappa shape index (κ2) is 4.18. The summed E-state index contributed by atoms with van der Waals surface area (Å²) in [6.45, 7) is 4.36. The van der Waals surface area contributed by atoms with E-state index in [4.69, 9.17) is 4.74 Å². The molecule has 2 atom stereocenters. The van der Waals surface area contributed by atoms with Crippen molar-refractivity contribution in [3.8, 4) is 0 Å². The Hall–Kier alpha value is -1.13. The predicted octanol–water partition coefficient (Wildman–Crippen LogP) is 2.93. The van der Waals surface area contributed by atoms with Gasteiger partial charge in [0.05, 0.1) is 11.0 Å². The molecule has 0 spiro atoms. The molecule has 19 heavy (non-hydrogen) atoms. The van der Waals surface area contributed by atoms with Crippen LogP contribution in [0.5, 0.6) is 0 Å². The molecule has 3 nitrogen and oxygen atoms in total. The second-order valence-corrected chi connectivity index (χ2v) is 7.81. The number of ether oxygens (including phenoxy) is 1. The molecule has 2 unspecified atom stereocenters. The topological polar surface area (TPSA) is 46.7 Å². The Balaban J connectivity index is 1.88. The summed E-state index contributed by atoms with van der Waals surface area (Å²) in [5.74, 6) is 0. The first kappa shape index (κ1) is 12.9. The Labute approximate surface area is 114 Å². The number of hydrogen-bond acceptors (Lipinski definition) is 3. The predicted molar refractivity (Wildman–Crippen MR) is 73.4 cm³/mol. The number of hydrogen-bond donors (Lipinski definition) is 0. The standard InChI is InChI=1S/C15H18O3S/c1-15(2)9-8-11(13-14(15)18-13)10-19(16,17)12-6-4-3-5-7-12/h3-7,10,13-14H,8-9H2,1-2H3/b11-10-. The van der Waals surface area contributed by atoms with Crippen LogP contribution in [0, 0.1) is 5.41 Å². The van der Waals surface area contributed by atoms with Gasteiger partial charge < -0.3 is 4.74 Å². The maximum absolute atomic E-state index is 12.3. The highest BCUT2D eigenvalue weighted by Crippen LogP contribution is 2.51.